The van der Waals surface area contributed by atoms with Gasteiger partial charge in [0.1, 0.15) is 12.9 Å². The quantitative estimate of drug-likeness (QED) is 0.724. The summed E-state index contributed by atoms with van der Waals surface area (Å²) in [6.07, 6.45) is 2.78. The summed E-state index contributed by atoms with van der Waals surface area (Å²) >= 11 is 0. The number of rotatable bonds is 5. The van der Waals surface area contributed by atoms with Gasteiger partial charge in [0.15, 0.2) is 0 Å². The SMILES string of the molecule is O=C(Nc1cccc(C(=O)OCc2ccccc2)c1)c1ccoc1. The van der Waals surface area contributed by atoms with Crippen LogP contribution in [0.25, 0.3) is 0 Å². The van der Waals surface area contributed by atoms with Gasteiger partial charge in [0.25, 0.3) is 5.91 Å². The Kier molecular flexibility index (Phi) is 4.72. The van der Waals surface area contributed by atoms with Gasteiger partial charge >= 0.3 is 5.97 Å². The summed E-state index contributed by atoms with van der Waals surface area (Å²) in [7, 11) is 0. The number of hydrogen-bond donors (Lipinski definition) is 1. The van der Waals surface area contributed by atoms with Gasteiger partial charge in [-0.1, -0.05) is 36.4 Å². The number of esters is 1. The number of anilines is 1. The van der Waals surface area contributed by atoms with E-state index in [1.165, 1.54) is 12.5 Å². The van der Waals surface area contributed by atoms with Crippen LogP contribution in [0, 0.1) is 0 Å². The molecular weight excluding hydrogens is 306 g/mol. The molecule has 0 aliphatic rings. The smallest absolute Gasteiger partial charge is 0.338 e. The van der Waals surface area contributed by atoms with Crippen molar-refractivity contribution >= 4 is 17.6 Å². The maximum absolute atomic E-state index is 12.1. The zero-order valence-electron chi connectivity index (χ0n) is 12.8. The van der Waals surface area contributed by atoms with Gasteiger partial charge < -0.3 is 14.5 Å². The summed E-state index contributed by atoms with van der Waals surface area (Å²) in [6.45, 7) is 0.200. The lowest BCUT2D eigenvalue weighted by atomic mass is 10.2. The van der Waals surface area contributed by atoms with Gasteiger partial charge in [0.2, 0.25) is 0 Å². The minimum Gasteiger partial charge on any atom is -0.472 e. The second-order valence-corrected chi connectivity index (χ2v) is 5.11. The minimum atomic E-state index is -0.446. The third-order valence-corrected chi connectivity index (χ3v) is 3.35. The summed E-state index contributed by atoms with van der Waals surface area (Å²) in [6, 6.07) is 17.6. The largest absolute Gasteiger partial charge is 0.472 e. The Morgan fingerprint density at radius 3 is 2.54 bits per heavy atom. The monoisotopic (exact) mass is 321 g/mol. The molecule has 5 heteroatoms. The summed E-state index contributed by atoms with van der Waals surface area (Å²) < 4.78 is 10.2. The molecule has 0 saturated heterocycles. The molecule has 0 atom stereocenters. The highest BCUT2D eigenvalue weighted by molar-refractivity contribution is 6.04. The fraction of sp³-hybridized carbons (Fsp3) is 0.0526. The lowest BCUT2D eigenvalue weighted by Crippen LogP contribution is -2.12. The second-order valence-electron chi connectivity index (χ2n) is 5.11. The molecule has 3 rings (SSSR count). The van der Waals surface area contributed by atoms with E-state index in [0.29, 0.717) is 16.8 Å². The Bertz CT molecular complexity index is 826. The van der Waals surface area contributed by atoms with Crippen LogP contribution in [0.15, 0.2) is 77.6 Å². The molecule has 0 aliphatic heterocycles. The number of furan rings is 1. The van der Waals surface area contributed by atoms with E-state index in [1.807, 2.05) is 30.3 Å². The number of benzene rings is 2. The maximum Gasteiger partial charge on any atom is 0.338 e. The Morgan fingerprint density at radius 1 is 0.958 bits per heavy atom. The Morgan fingerprint density at radius 2 is 1.79 bits per heavy atom. The average molecular weight is 321 g/mol. The van der Waals surface area contributed by atoms with Crippen molar-refractivity contribution < 1.29 is 18.7 Å². The van der Waals surface area contributed by atoms with Gasteiger partial charge in [-0.25, -0.2) is 4.79 Å². The lowest BCUT2D eigenvalue weighted by molar-refractivity contribution is 0.0472. The third-order valence-electron chi connectivity index (χ3n) is 3.35. The van der Waals surface area contributed by atoms with E-state index in [1.54, 1.807) is 30.3 Å². The van der Waals surface area contributed by atoms with Gasteiger partial charge in [-0.15, -0.1) is 0 Å². The first kappa shape index (κ1) is 15.6. The third kappa shape index (κ3) is 3.89. The Hall–Kier alpha value is -3.34. The van der Waals surface area contributed by atoms with Crippen LogP contribution in [0.3, 0.4) is 0 Å². The summed E-state index contributed by atoms with van der Waals surface area (Å²) in [5.74, 6) is -0.753. The lowest BCUT2D eigenvalue weighted by Gasteiger charge is -2.07. The molecule has 0 spiro atoms. The molecule has 0 fully saturated rings. The van der Waals surface area contributed by atoms with E-state index in [0.717, 1.165) is 5.56 Å². The number of amides is 1. The van der Waals surface area contributed by atoms with Crippen LogP contribution >= 0.6 is 0 Å². The summed E-state index contributed by atoms with van der Waals surface area (Å²) in [4.78, 5) is 24.1. The molecule has 24 heavy (non-hydrogen) atoms. The average Bonchev–Trinajstić information content (AvgIpc) is 3.15. The zero-order chi connectivity index (χ0) is 16.8. The van der Waals surface area contributed by atoms with Crippen molar-refractivity contribution in [2.45, 2.75) is 6.61 Å². The van der Waals surface area contributed by atoms with Crippen molar-refractivity contribution in [3.05, 3.63) is 89.9 Å². The predicted octanol–water partition coefficient (Wildman–Crippen LogP) is 3.89. The van der Waals surface area contributed by atoms with E-state index in [9.17, 15) is 9.59 Å². The van der Waals surface area contributed by atoms with Crippen molar-refractivity contribution in [1.29, 1.82) is 0 Å². The summed E-state index contributed by atoms with van der Waals surface area (Å²) in [5, 5.41) is 2.71. The fourth-order valence-electron chi connectivity index (χ4n) is 2.13. The molecule has 2 aromatic carbocycles. The van der Waals surface area contributed by atoms with E-state index in [-0.39, 0.29) is 12.5 Å². The number of carbonyl (C=O) groups excluding carboxylic acids is 2. The molecule has 1 N–H and O–H groups in total. The molecule has 1 heterocycles. The van der Waals surface area contributed by atoms with Gasteiger partial charge in [0.05, 0.1) is 17.4 Å². The van der Waals surface area contributed by atoms with E-state index >= 15 is 0 Å². The molecule has 1 aromatic heterocycles. The normalized spacial score (nSPS) is 10.2. The molecule has 0 radical (unpaired) electrons. The van der Waals surface area contributed by atoms with Crippen LogP contribution in [0.4, 0.5) is 5.69 Å². The molecule has 0 saturated carbocycles. The molecule has 3 aromatic rings. The Balaban J connectivity index is 1.64. The molecule has 1 amide bonds. The fourth-order valence-corrected chi connectivity index (χ4v) is 2.13. The second kappa shape index (κ2) is 7.28. The molecule has 0 unspecified atom stereocenters. The highest BCUT2D eigenvalue weighted by Gasteiger charge is 2.11. The Labute approximate surface area is 138 Å². The van der Waals surface area contributed by atoms with Gasteiger partial charge in [-0.05, 0) is 29.8 Å². The molecule has 120 valence electrons. The minimum absolute atomic E-state index is 0.200. The van der Waals surface area contributed by atoms with E-state index in [4.69, 9.17) is 9.15 Å². The number of ether oxygens (including phenoxy) is 1. The van der Waals surface area contributed by atoms with Crippen LogP contribution < -0.4 is 5.32 Å². The first-order valence-corrected chi connectivity index (χ1v) is 7.37. The zero-order valence-corrected chi connectivity index (χ0v) is 12.8. The molecule has 0 aliphatic carbocycles. The van der Waals surface area contributed by atoms with Crippen molar-refractivity contribution in [2.75, 3.05) is 5.32 Å². The van der Waals surface area contributed by atoms with Crippen molar-refractivity contribution in [2.24, 2.45) is 0 Å². The van der Waals surface area contributed by atoms with E-state index in [2.05, 4.69) is 5.32 Å². The van der Waals surface area contributed by atoms with Crippen molar-refractivity contribution in [3.8, 4) is 0 Å². The number of hydrogen-bond acceptors (Lipinski definition) is 4. The van der Waals surface area contributed by atoms with Gasteiger partial charge in [0, 0.05) is 5.69 Å². The predicted molar refractivity (Wildman–Crippen MR) is 88.7 cm³/mol. The van der Waals surface area contributed by atoms with Gasteiger partial charge in [-0.3, -0.25) is 4.79 Å². The number of nitrogens with one attached hydrogen (secondary N) is 1. The van der Waals surface area contributed by atoms with Crippen LogP contribution in [-0.4, -0.2) is 11.9 Å². The van der Waals surface area contributed by atoms with Crippen LogP contribution in [-0.2, 0) is 11.3 Å². The van der Waals surface area contributed by atoms with Crippen LogP contribution in [0.5, 0.6) is 0 Å². The first-order chi connectivity index (χ1) is 11.7. The van der Waals surface area contributed by atoms with Crippen molar-refractivity contribution in [3.63, 3.8) is 0 Å². The highest BCUT2D eigenvalue weighted by atomic mass is 16.5. The standard InChI is InChI=1S/C19H15NO4/c21-18(16-9-10-23-13-16)20-17-8-4-7-15(11-17)19(22)24-12-14-5-2-1-3-6-14/h1-11,13H,12H2,(H,20,21). The molecule has 0 bridgehead atoms. The molecular formula is C19H15NO4. The molecule has 5 nitrogen and oxygen atoms in total. The van der Waals surface area contributed by atoms with Gasteiger partial charge in [-0.2, -0.15) is 0 Å². The van der Waals surface area contributed by atoms with Crippen molar-refractivity contribution in [1.82, 2.24) is 0 Å². The van der Waals surface area contributed by atoms with Crippen LogP contribution in [0.1, 0.15) is 26.3 Å². The summed E-state index contributed by atoms with van der Waals surface area (Å²) in [5.41, 5.74) is 2.20. The van der Waals surface area contributed by atoms with Crippen LogP contribution in [0.2, 0.25) is 0 Å². The van der Waals surface area contributed by atoms with E-state index < -0.39 is 5.97 Å². The first-order valence-electron chi connectivity index (χ1n) is 7.37. The number of carbonyl (C=O) groups is 2. The highest BCUT2D eigenvalue weighted by Crippen LogP contribution is 2.14. The topological polar surface area (TPSA) is 68.5 Å². The maximum atomic E-state index is 12.1.